The molecule has 0 aliphatic rings. The maximum atomic E-state index is 6.80. The number of rotatable bonds is 46. The third-order valence-corrected chi connectivity index (χ3v) is 21.8. The van der Waals surface area contributed by atoms with Crippen molar-refractivity contribution in [3.63, 3.8) is 0 Å². The number of fused-ring (bicyclic) bond motifs is 15. The molecular weight excluding hydrogens is 1110 g/mol. The van der Waals surface area contributed by atoms with Crippen LogP contribution in [0.2, 0.25) is 0 Å². The van der Waals surface area contributed by atoms with Crippen LogP contribution in [-0.2, 0) is 0 Å². The van der Waals surface area contributed by atoms with E-state index < -0.39 is 0 Å². The van der Waals surface area contributed by atoms with E-state index in [1.54, 1.807) is 0 Å². The molecule has 0 N–H and O–H groups in total. The second kappa shape index (κ2) is 38.3. The highest BCUT2D eigenvalue weighted by Crippen LogP contribution is 2.45. The van der Waals surface area contributed by atoms with Crippen molar-refractivity contribution < 1.29 is 9.47 Å². The van der Waals surface area contributed by atoms with Gasteiger partial charge in [-0.15, -0.1) is 0 Å². The lowest BCUT2D eigenvalue weighted by Crippen LogP contribution is -2.12. The van der Waals surface area contributed by atoms with Gasteiger partial charge < -0.3 is 9.47 Å². The third kappa shape index (κ3) is 19.6. The minimum absolute atomic E-state index is 0.628. The van der Waals surface area contributed by atoms with E-state index in [9.17, 15) is 0 Å². The SMILES string of the molecule is CCCCCCCCCCCCC(CCCCCCCCCC)COc1ccc2c(c1)cc(C)c1c2ccc2c1cc(C)c1c2ccc2c3ccc4c5ccc(OCC(CCCCCCCCCC)CCCCCCCCCCCC)cc5cc(C)c4c3cc(C)c21. The van der Waals surface area contributed by atoms with Gasteiger partial charge in [-0.3, -0.25) is 0 Å². The van der Waals surface area contributed by atoms with Crippen molar-refractivity contribution in [2.45, 2.75) is 312 Å². The van der Waals surface area contributed by atoms with Crippen LogP contribution in [-0.4, -0.2) is 13.2 Å². The molecule has 2 atom stereocenters. The van der Waals surface area contributed by atoms with Crippen LogP contribution in [0.25, 0.3) is 86.2 Å². The van der Waals surface area contributed by atoms with E-state index in [-0.39, 0.29) is 0 Å². The zero-order chi connectivity index (χ0) is 64.3. The Morgan fingerprint density at radius 2 is 0.467 bits per heavy atom. The van der Waals surface area contributed by atoms with Gasteiger partial charge >= 0.3 is 0 Å². The van der Waals surface area contributed by atoms with Crippen LogP contribution in [0.4, 0.5) is 0 Å². The quantitative estimate of drug-likeness (QED) is 0.0280. The highest BCUT2D eigenvalue weighted by molar-refractivity contribution is 6.31. The topological polar surface area (TPSA) is 18.5 Å². The first-order valence-electron chi connectivity index (χ1n) is 39.0. The molecule has 9 aromatic carbocycles. The van der Waals surface area contributed by atoms with E-state index in [1.807, 2.05) is 0 Å². The summed E-state index contributed by atoms with van der Waals surface area (Å²) in [6, 6.07) is 38.3. The zero-order valence-corrected chi connectivity index (χ0v) is 59.9. The predicted molar refractivity (Wildman–Crippen MR) is 411 cm³/mol. The Labute approximate surface area is 560 Å². The molecule has 2 nitrogen and oxygen atoms in total. The van der Waals surface area contributed by atoms with Gasteiger partial charge in [0, 0.05) is 0 Å². The molecule has 2 heteroatoms. The van der Waals surface area contributed by atoms with Gasteiger partial charge in [-0.05, 0) is 198 Å². The Hall–Kier alpha value is -5.34. The predicted octanol–water partition coefficient (Wildman–Crippen LogP) is 29.8. The van der Waals surface area contributed by atoms with Crippen LogP contribution in [0.3, 0.4) is 0 Å². The van der Waals surface area contributed by atoms with Crippen molar-refractivity contribution in [3.05, 3.63) is 119 Å². The van der Waals surface area contributed by atoms with Crippen molar-refractivity contribution in [3.8, 4) is 11.5 Å². The summed E-state index contributed by atoms with van der Waals surface area (Å²) < 4.78 is 13.6. The fourth-order valence-corrected chi connectivity index (χ4v) is 16.4. The zero-order valence-electron chi connectivity index (χ0n) is 59.9. The summed E-state index contributed by atoms with van der Waals surface area (Å²) >= 11 is 0. The van der Waals surface area contributed by atoms with Gasteiger partial charge in [-0.1, -0.05) is 332 Å². The molecule has 498 valence electrons. The number of unbranched alkanes of at least 4 members (excludes halogenated alkanes) is 32. The molecule has 92 heavy (non-hydrogen) atoms. The molecule has 0 aliphatic heterocycles. The Morgan fingerprint density at radius 3 is 0.761 bits per heavy atom. The minimum atomic E-state index is 0.628. The molecule has 0 amide bonds. The lowest BCUT2D eigenvalue weighted by Gasteiger charge is -2.19. The second-order valence-corrected chi connectivity index (χ2v) is 29.4. The lowest BCUT2D eigenvalue weighted by molar-refractivity contribution is 0.224. The summed E-state index contributed by atoms with van der Waals surface area (Å²) in [5.74, 6) is 3.29. The number of hydrogen-bond acceptors (Lipinski definition) is 2. The van der Waals surface area contributed by atoms with Gasteiger partial charge in [0.25, 0.3) is 0 Å². The molecule has 0 saturated heterocycles. The fourth-order valence-electron chi connectivity index (χ4n) is 16.4. The van der Waals surface area contributed by atoms with Gasteiger partial charge in [-0.25, -0.2) is 0 Å². The van der Waals surface area contributed by atoms with Gasteiger partial charge in [0.1, 0.15) is 11.5 Å². The number of hydrogen-bond donors (Lipinski definition) is 0. The van der Waals surface area contributed by atoms with Crippen LogP contribution in [0.15, 0.2) is 97.1 Å². The number of ether oxygens (including phenoxy) is 2. The summed E-state index contributed by atoms with van der Waals surface area (Å²) in [6.07, 6.45) is 55.1. The van der Waals surface area contributed by atoms with Crippen LogP contribution in [0, 0.1) is 39.5 Å². The highest BCUT2D eigenvalue weighted by atomic mass is 16.5. The Morgan fingerprint density at radius 1 is 0.228 bits per heavy atom. The molecule has 9 rings (SSSR count). The molecule has 0 bridgehead atoms. The molecule has 2 unspecified atom stereocenters. The van der Waals surface area contributed by atoms with Crippen LogP contribution in [0.1, 0.15) is 307 Å². The van der Waals surface area contributed by atoms with E-state index in [1.165, 1.54) is 365 Å². The van der Waals surface area contributed by atoms with E-state index in [4.69, 9.17) is 9.47 Å². The molecule has 0 fully saturated rings. The molecule has 0 saturated carbocycles. The van der Waals surface area contributed by atoms with E-state index in [0.717, 1.165) is 24.7 Å². The maximum Gasteiger partial charge on any atom is 0.119 e. The normalized spacial score (nSPS) is 12.8. The lowest BCUT2D eigenvalue weighted by atomic mass is 9.85. The summed E-state index contributed by atoms with van der Waals surface area (Å²) in [6.45, 7) is 20.3. The highest BCUT2D eigenvalue weighted by Gasteiger charge is 2.20. The maximum absolute atomic E-state index is 6.80. The summed E-state index contributed by atoms with van der Waals surface area (Å²) in [5.41, 5.74) is 5.35. The number of benzene rings is 9. The van der Waals surface area contributed by atoms with E-state index >= 15 is 0 Å². The molecule has 0 aliphatic carbocycles. The monoisotopic (exact) mass is 1240 g/mol. The summed E-state index contributed by atoms with van der Waals surface area (Å²) in [7, 11) is 0. The van der Waals surface area contributed by atoms with Crippen molar-refractivity contribution in [2.24, 2.45) is 11.8 Å². The van der Waals surface area contributed by atoms with Gasteiger partial charge in [0.15, 0.2) is 0 Å². The largest absolute Gasteiger partial charge is 0.493 e. The summed E-state index contributed by atoms with van der Waals surface area (Å²) in [5, 5.41) is 21.4. The standard InChI is InChI=1S/C90H126O2/c1-9-13-17-21-25-29-31-35-39-43-47-71(45-41-37-33-27-23-19-15-11-3)65-91-75-49-51-77-73(63-75)59-67(5)87-81(77)55-53-79-83-57-58-84-80-54-56-82-78-52-50-76(64-74(78)60-68(6)88(82)86(80)62-70(8)90(84)89(83)69(7)61-85(79)87)92-66-72(46-42-38-34-28-24-20-16-12-4)48-44-40-36-32-30-26-22-18-14-10-2/h49-64,71-72H,9-48,65-66H2,1-8H3. The summed E-state index contributed by atoms with van der Waals surface area (Å²) in [4.78, 5) is 0. The Bertz CT molecular complexity index is 3450. The molecule has 0 spiro atoms. The Kier molecular flexibility index (Phi) is 29.5. The molecular formula is C90H126O2. The van der Waals surface area contributed by atoms with Gasteiger partial charge in [0.2, 0.25) is 0 Å². The number of aryl methyl sites for hydroxylation is 4. The third-order valence-electron chi connectivity index (χ3n) is 21.8. The fraction of sp³-hybridized carbons (Fsp3) is 0.578. The van der Waals surface area contributed by atoms with E-state index in [0.29, 0.717) is 11.8 Å². The first-order chi connectivity index (χ1) is 45.2. The molecule has 0 heterocycles. The minimum Gasteiger partial charge on any atom is -0.493 e. The van der Waals surface area contributed by atoms with Crippen molar-refractivity contribution in [1.29, 1.82) is 0 Å². The Balaban J connectivity index is 0.898. The van der Waals surface area contributed by atoms with Crippen molar-refractivity contribution in [1.82, 2.24) is 0 Å². The molecule has 9 aromatic rings. The van der Waals surface area contributed by atoms with E-state index in [2.05, 4.69) is 152 Å². The van der Waals surface area contributed by atoms with Crippen LogP contribution < -0.4 is 9.47 Å². The van der Waals surface area contributed by atoms with Gasteiger partial charge in [-0.2, -0.15) is 0 Å². The first-order valence-corrected chi connectivity index (χ1v) is 39.0. The van der Waals surface area contributed by atoms with Gasteiger partial charge in [0.05, 0.1) is 13.2 Å². The molecule has 0 aromatic heterocycles. The van der Waals surface area contributed by atoms with Crippen LogP contribution in [0.5, 0.6) is 11.5 Å². The second-order valence-electron chi connectivity index (χ2n) is 29.4. The first kappa shape index (κ1) is 71.0. The van der Waals surface area contributed by atoms with Crippen molar-refractivity contribution in [2.75, 3.05) is 13.2 Å². The average molecular weight is 1240 g/mol. The molecule has 0 radical (unpaired) electrons. The van der Waals surface area contributed by atoms with Crippen molar-refractivity contribution >= 4 is 86.2 Å². The van der Waals surface area contributed by atoms with Crippen LogP contribution >= 0.6 is 0 Å². The smallest absolute Gasteiger partial charge is 0.119 e. The average Bonchev–Trinajstić information content (AvgIpc) is 0.719.